The van der Waals surface area contributed by atoms with E-state index >= 15 is 0 Å². The van der Waals surface area contributed by atoms with E-state index in [9.17, 15) is 0 Å². The molecule has 2 fully saturated rings. The molecule has 0 spiro atoms. The van der Waals surface area contributed by atoms with Crippen LogP contribution in [0.1, 0.15) is 51.4 Å². The van der Waals surface area contributed by atoms with E-state index in [1.54, 1.807) is 12.5 Å². The Bertz CT molecular complexity index is 482. The van der Waals surface area contributed by atoms with Crippen molar-refractivity contribution in [1.82, 2.24) is 0 Å². The van der Waals surface area contributed by atoms with Crippen molar-refractivity contribution in [2.75, 3.05) is 0 Å². The second-order valence-corrected chi connectivity index (χ2v) is 9.34. The molecule has 0 amide bonds. The number of hydrogen-bond donors (Lipinski definition) is 0. The van der Waals surface area contributed by atoms with Crippen molar-refractivity contribution < 1.29 is 25.9 Å². The van der Waals surface area contributed by atoms with Gasteiger partial charge in [0.2, 0.25) is 0 Å². The molecule has 2 aliphatic rings. The summed E-state index contributed by atoms with van der Waals surface area (Å²) in [6.07, 6.45) is 14.9. The van der Waals surface area contributed by atoms with Crippen molar-refractivity contribution in [2.45, 2.75) is 62.7 Å². The van der Waals surface area contributed by atoms with Crippen LogP contribution in [0.2, 0.25) is 0 Å². The zero-order valence-corrected chi connectivity index (χ0v) is 18.6. The first-order valence-corrected chi connectivity index (χ1v) is 10.6. The minimum atomic E-state index is -0.471. The smallest absolute Gasteiger partial charge is 0.464 e. The van der Waals surface area contributed by atoms with Gasteiger partial charge in [-0.2, -0.15) is 0 Å². The molecule has 2 saturated carbocycles. The third kappa shape index (κ3) is 6.88. The van der Waals surface area contributed by atoms with Gasteiger partial charge in [0.25, 0.3) is 0 Å². The minimum Gasteiger partial charge on any atom is -0.464 e. The fourth-order valence-electron chi connectivity index (χ4n) is 3.42. The molecule has 0 aliphatic heterocycles. The maximum atomic E-state index is 5.64. The van der Waals surface area contributed by atoms with Gasteiger partial charge in [0, 0.05) is 7.92 Å². The summed E-state index contributed by atoms with van der Waals surface area (Å²) < 4.78 is 11.3. The molecule has 0 radical (unpaired) electrons. The van der Waals surface area contributed by atoms with Gasteiger partial charge in [-0.05, 0) is 48.4 Å². The van der Waals surface area contributed by atoms with Crippen molar-refractivity contribution in [3.8, 4) is 0 Å². The Balaban J connectivity index is 0.000000630. The SMILES string of the molecule is C1CCCC1.PC1CCCC1P(c1ccco1)c1ccco1.[CH3-].[CH3-].[Fe+2]. The quantitative estimate of drug-likeness (QED) is 0.347. The summed E-state index contributed by atoms with van der Waals surface area (Å²) in [7, 11) is 2.53. The molecule has 2 aromatic rings. The zero-order valence-electron chi connectivity index (χ0n) is 15.5. The molecule has 0 bridgehead atoms. The van der Waals surface area contributed by atoms with Crippen LogP contribution >= 0.6 is 17.2 Å². The van der Waals surface area contributed by atoms with Crippen LogP contribution in [0.3, 0.4) is 0 Å². The van der Waals surface area contributed by atoms with Gasteiger partial charge in [-0.15, -0.1) is 9.24 Å². The average molecular weight is 422 g/mol. The van der Waals surface area contributed by atoms with Gasteiger partial charge in [0.05, 0.1) is 12.5 Å². The third-order valence-corrected chi connectivity index (χ3v) is 8.49. The van der Waals surface area contributed by atoms with Gasteiger partial charge >= 0.3 is 17.1 Å². The number of hydrogen-bond acceptors (Lipinski definition) is 2. The summed E-state index contributed by atoms with van der Waals surface area (Å²) in [4.78, 5) is 0. The van der Waals surface area contributed by atoms with Gasteiger partial charge in [-0.3, -0.25) is 0 Å². The summed E-state index contributed by atoms with van der Waals surface area (Å²) >= 11 is 0. The van der Waals surface area contributed by atoms with Gasteiger partial charge in [0.1, 0.15) is 11.0 Å². The Morgan fingerprint density at radius 1 is 0.800 bits per heavy atom. The first-order chi connectivity index (χ1) is 10.9. The van der Waals surface area contributed by atoms with Crippen molar-refractivity contribution in [2.24, 2.45) is 0 Å². The Morgan fingerprint density at radius 2 is 1.28 bits per heavy atom. The van der Waals surface area contributed by atoms with Gasteiger partial charge in [0.15, 0.2) is 0 Å². The van der Waals surface area contributed by atoms with E-state index in [2.05, 4.69) is 21.4 Å². The summed E-state index contributed by atoms with van der Waals surface area (Å²) in [5.74, 6) is 0. The second-order valence-electron chi connectivity index (χ2n) is 6.20. The van der Waals surface area contributed by atoms with Crippen LogP contribution in [0.25, 0.3) is 0 Å². The molecular weight excluding hydrogens is 390 g/mol. The summed E-state index contributed by atoms with van der Waals surface area (Å²) in [5.41, 5.74) is 3.55. The Hall–Kier alpha value is -0.0605. The third-order valence-electron chi connectivity index (χ3n) is 4.60. The van der Waals surface area contributed by atoms with Crippen molar-refractivity contribution in [3.63, 3.8) is 0 Å². The molecule has 142 valence electrons. The molecule has 0 saturated heterocycles. The molecule has 25 heavy (non-hydrogen) atoms. The molecule has 3 unspecified atom stereocenters. The van der Waals surface area contributed by atoms with E-state index in [-0.39, 0.29) is 31.9 Å². The van der Waals surface area contributed by atoms with Gasteiger partial charge in [-0.1, -0.05) is 38.5 Å². The van der Waals surface area contributed by atoms with Crippen LogP contribution < -0.4 is 11.0 Å². The normalized spacial score (nSPS) is 21.5. The van der Waals surface area contributed by atoms with Gasteiger partial charge in [-0.25, -0.2) is 0 Å². The van der Waals surface area contributed by atoms with Crippen molar-refractivity contribution in [3.05, 3.63) is 51.6 Å². The summed E-state index contributed by atoms with van der Waals surface area (Å²) in [6.45, 7) is 0. The first-order valence-electron chi connectivity index (χ1n) is 8.48. The van der Waals surface area contributed by atoms with Crippen LogP contribution in [-0.4, -0.2) is 11.3 Å². The molecule has 2 aromatic heterocycles. The van der Waals surface area contributed by atoms with Crippen molar-refractivity contribution >= 4 is 28.2 Å². The number of furan rings is 2. The molecule has 5 heteroatoms. The fourth-order valence-corrected chi connectivity index (χ4v) is 7.05. The monoisotopic (exact) mass is 422 g/mol. The summed E-state index contributed by atoms with van der Waals surface area (Å²) in [6, 6.07) is 8.12. The van der Waals surface area contributed by atoms with E-state index in [1.807, 2.05) is 12.1 Å². The van der Waals surface area contributed by atoms with E-state index < -0.39 is 7.92 Å². The molecule has 0 aromatic carbocycles. The number of rotatable bonds is 3. The molecule has 2 nitrogen and oxygen atoms in total. The van der Waals surface area contributed by atoms with Crippen LogP contribution in [0.15, 0.2) is 45.6 Å². The molecule has 3 atom stereocenters. The average Bonchev–Trinajstić information content (AvgIpc) is 3.33. The van der Waals surface area contributed by atoms with E-state index in [0.29, 0.717) is 11.3 Å². The minimum absolute atomic E-state index is 0. The molecular formula is C20H32FeO2P2. The Labute approximate surface area is 168 Å². The second kappa shape index (κ2) is 13.2. The Morgan fingerprint density at radius 3 is 1.60 bits per heavy atom. The van der Waals surface area contributed by atoms with Gasteiger partial charge < -0.3 is 23.7 Å². The van der Waals surface area contributed by atoms with Crippen LogP contribution in [0.4, 0.5) is 0 Å². The topological polar surface area (TPSA) is 26.3 Å². The molecule has 2 aliphatic carbocycles. The van der Waals surface area contributed by atoms with Crippen LogP contribution in [0, 0.1) is 14.9 Å². The maximum Gasteiger partial charge on any atom is 2.00 e. The predicted molar refractivity (Wildman–Crippen MR) is 111 cm³/mol. The van der Waals surface area contributed by atoms with Crippen molar-refractivity contribution in [1.29, 1.82) is 0 Å². The zero-order chi connectivity index (χ0) is 15.2. The van der Waals surface area contributed by atoms with E-state index in [1.165, 1.54) is 51.4 Å². The van der Waals surface area contributed by atoms with E-state index in [0.717, 1.165) is 11.0 Å². The predicted octanol–water partition coefficient (Wildman–Crippen LogP) is 5.95. The largest absolute Gasteiger partial charge is 2.00 e. The standard InChI is InChI=1S/C13H16O2P2.C5H10.2CH3.Fe/c16-10-4-1-5-11(10)17(12-6-2-8-14-12)13-7-3-9-15-13;1-2-4-5-3-1;;;/h2-3,6-11H,1,4-5,16H2;1-5H2;2*1H3;/q;;2*-1;+2. The molecule has 2 heterocycles. The van der Waals surface area contributed by atoms with E-state index in [4.69, 9.17) is 8.83 Å². The maximum absolute atomic E-state index is 5.64. The molecule has 4 rings (SSSR count). The Kier molecular flexibility index (Phi) is 13.1. The first kappa shape index (κ1) is 24.9. The van der Waals surface area contributed by atoms with Crippen LogP contribution in [-0.2, 0) is 17.1 Å². The molecule has 0 N–H and O–H groups in total. The van der Waals surface area contributed by atoms with Crippen LogP contribution in [0.5, 0.6) is 0 Å². The summed E-state index contributed by atoms with van der Waals surface area (Å²) in [5, 5.41) is 0. The fraction of sp³-hybridized carbons (Fsp3) is 0.500.